The van der Waals surface area contributed by atoms with Crippen LogP contribution in [0, 0.1) is 0 Å². The molecule has 1 aromatic carbocycles. The molecule has 10 nitrogen and oxygen atoms in total. The van der Waals surface area contributed by atoms with E-state index in [0.29, 0.717) is 65.6 Å². The summed E-state index contributed by atoms with van der Waals surface area (Å²) < 4.78 is 67.1. The summed E-state index contributed by atoms with van der Waals surface area (Å²) in [5.74, 6) is -0.0102. The number of rotatable bonds is 14. The molecule has 0 saturated carbocycles. The number of benzene rings is 1. The van der Waals surface area contributed by atoms with E-state index in [9.17, 15) is 25.9 Å². The number of hydrogen-bond acceptors (Lipinski definition) is 10. The van der Waals surface area contributed by atoms with Gasteiger partial charge in [-0.05, 0) is 69.9 Å². The Morgan fingerprint density at radius 3 is 1.91 bits per heavy atom. The number of likely N-dealkylation sites (N-methyl/N-ethyl adjacent to an activating group) is 1. The van der Waals surface area contributed by atoms with Crippen LogP contribution in [0.4, 0.5) is 11.4 Å². The summed E-state index contributed by atoms with van der Waals surface area (Å²) in [6.45, 7) is 6.34. The molecule has 3 aliphatic rings. The summed E-state index contributed by atoms with van der Waals surface area (Å²) in [5, 5.41) is 1.85. The second kappa shape index (κ2) is 18.8. The van der Waals surface area contributed by atoms with Crippen LogP contribution < -0.4 is 68.9 Å². The number of halogens is 4. The zero-order valence-electron chi connectivity index (χ0n) is 27.0. The maximum atomic E-state index is 11.2. The van der Waals surface area contributed by atoms with Crippen molar-refractivity contribution in [2.45, 2.75) is 58.2 Å². The van der Waals surface area contributed by atoms with E-state index in [1.54, 1.807) is 12.1 Å². The molecule has 18 heteroatoms. The van der Waals surface area contributed by atoms with Crippen LogP contribution in [0.1, 0.15) is 46.0 Å². The number of anilines is 2. The molecular weight excluding hydrogens is 752 g/mol. The van der Waals surface area contributed by atoms with Gasteiger partial charge in [-0.3, -0.25) is 4.90 Å². The Bertz CT molecular complexity index is 1630. The number of hydrogen-bond donors (Lipinski definition) is 0. The molecule has 1 aromatic rings. The molecule has 0 spiro atoms. The van der Waals surface area contributed by atoms with Crippen molar-refractivity contribution in [2.75, 3.05) is 47.5 Å². The van der Waals surface area contributed by atoms with Crippen LogP contribution in [0.2, 0.25) is 10.0 Å². The van der Waals surface area contributed by atoms with Crippen LogP contribution in [0.15, 0.2) is 58.0 Å². The molecule has 2 heterocycles. The summed E-state index contributed by atoms with van der Waals surface area (Å²) in [4.78, 5) is 8.60. The van der Waals surface area contributed by atoms with E-state index in [4.69, 9.17) is 46.4 Å². The number of unbranched alkanes of at least 4 members (excludes halogenated alkanes) is 2. The Balaban J connectivity index is 0.00000384. The van der Waals surface area contributed by atoms with E-state index in [0.717, 1.165) is 22.9 Å². The fraction of sp³-hybridized carbons (Fsp3) is 0.517. The smallest absolute Gasteiger partial charge is 0.748 e. The molecule has 2 atom stereocenters. The standard InChI is InChI=1S/C29H38Cl4N4O6S2.2Na/c1-3-34-24-16-20(30)22(32)18-26(24)36(12-5-7-14-44(38,39)40)28(34)10-9-11-29-35(4-2)25-17-21(31)23(33)19-27(25)37(29)13-6-8-15-45(41,42)43;;/h9-11,16-18,27,29H,3-8,12-15,19H2,1-2H3,(H,38,39,40)(H,41,42,43);;/q;2*+1/p-2. The molecule has 2 unspecified atom stereocenters. The summed E-state index contributed by atoms with van der Waals surface area (Å²) in [7, 11) is -8.61. The van der Waals surface area contributed by atoms with Crippen molar-refractivity contribution in [1.82, 2.24) is 9.80 Å². The molecule has 0 N–H and O–H groups in total. The number of allylic oxidation sites excluding steroid dienone is 4. The minimum Gasteiger partial charge on any atom is -0.748 e. The van der Waals surface area contributed by atoms with Crippen LogP contribution in [-0.4, -0.2) is 85.6 Å². The second-order valence-corrected chi connectivity index (χ2v) is 15.7. The third kappa shape index (κ3) is 11.3. The van der Waals surface area contributed by atoms with Gasteiger partial charge in [0.1, 0.15) is 12.0 Å². The Kier molecular flexibility index (Phi) is 17.5. The summed E-state index contributed by atoms with van der Waals surface area (Å²) in [5.41, 5.74) is 2.71. The monoisotopic (exact) mass is 786 g/mol. The molecular formula is C29H36Cl4N4Na2O6S2. The van der Waals surface area contributed by atoms with Gasteiger partial charge in [0, 0.05) is 54.8 Å². The molecule has 47 heavy (non-hydrogen) atoms. The van der Waals surface area contributed by atoms with Crippen molar-refractivity contribution in [3.63, 3.8) is 0 Å². The average Bonchev–Trinajstić information content (AvgIpc) is 3.38. The molecule has 2 aliphatic heterocycles. The minimum absolute atomic E-state index is 0. The largest absolute Gasteiger partial charge is 1.00 e. The Hall–Kier alpha value is 0.520. The van der Waals surface area contributed by atoms with E-state index in [2.05, 4.69) is 20.8 Å². The molecule has 0 radical (unpaired) electrons. The molecule has 1 fully saturated rings. The number of fused-ring (bicyclic) bond motifs is 2. The van der Waals surface area contributed by atoms with Gasteiger partial charge >= 0.3 is 59.1 Å². The van der Waals surface area contributed by atoms with Crippen molar-refractivity contribution in [1.29, 1.82) is 0 Å². The molecule has 1 aliphatic carbocycles. The van der Waals surface area contributed by atoms with Gasteiger partial charge < -0.3 is 23.8 Å². The first-order valence-electron chi connectivity index (χ1n) is 14.7. The van der Waals surface area contributed by atoms with Gasteiger partial charge in [0.15, 0.2) is 0 Å². The normalized spacial score (nSPS) is 20.9. The van der Waals surface area contributed by atoms with Crippen molar-refractivity contribution in [3.8, 4) is 0 Å². The molecule has 0 amide bonds. The fourth-order valence-electron chi connectivity index (χ4n) is 6.09. The topological polar surface area (TPSA) is 127 Å². The summed E-state index contributed by atoms with van der Waals surface area (Å²) >= 11 is 25.7. The van der Waals surface area contributed by atoms with Gasteiger partial charge in [-0.25, -0.2) is 16.8 Å². The SMILES string of the molecule is CCN1C(=CC=CC2N(CC)C3=CC(Cl)=C(Cl)CC3N2CCCCS(=O)(=O)[O-])N(CCCCS(=O)(=O)[O-])c2cc(Cl)c(Cl)cc21.[Na+].[Na+]. The Morgan fingerprint density at radius 2 is 1.38 bits per heavy atom. The van der Waals surface area contributed by atoms with Gasteiger partial charge in [-0.15, -0.1) is 0 Å². The third-order valence-corrected chi connectivity index (χ3v) is 11.2. The average molecular weight is 789 g/mol. The molecule has 0 aromatic heterocycles. The summed E-state index contributed by atoms with van der Waals surface area (Å²) in [6, 6.07) is 3.53. The van der Waals surface area contributed by atoms with Gasteiger partial charge in [0.25, 0.3) is 0 Å². The van der Waals surface area contributed by atoms with E-state index < -0.39 is 31.7 Å². The van der Waals surface area contributed by atoms with Crippen LogP contribution in [-0.2, 0) is 20.2 Å². The molecule has 250 valence electrons. The number of nitrogens with zero attached hydrogens (tertiary/aromatic N) is 4. The fourth-order valence-corrected chi connectivity index (χ4v) is 7.91. The van der Waals surface area contributed by atoms with E-state index in [1.807, 2.05) is 37.0 Å². The Morgan fingerprint density at radius 1 is 0.830 bits per heavy atom. The van der Waals surface area contributed by atoms with Gasteiger partial charge in [-0.1, -0.05) is 52.5 Å². The summed E-state index contributed by atoms with van der Waals surface area (Å²) in [6.07, 6.45) is 9.63. The van der Waals surface area contributed by atoms with Crippen LogP contribution in [0.3, 0.4) is 0 Å². The quantitative estimate of drug-likeness (QED) is 0.145. The van der Waals surface area contributed by atoms with E-state index in [-0.39, 0.29) is 84.2 Å². The molecule has 1 saturated heterocycles. The van der Waals surface area contributed by atoms with E-state index >= 15 is 0 Å². The minimum atomic E-state index is -4.31. The predicted molar refractivity (Wildman–Crippen MR) is 180 cm³/mol. The maximum absolute atomic E-state index is 11.2. The van der Waals surface area contributed by atoms with Crippen molar-refractivity contribution < 1.29 is 85.1 Å². The third-order valence-electron chi connectivity index (χ3n) is 8.06. The first-order valence-corrected chi connectivity index (χ1v) is 19.4. The van der Waals surface area contributed by atoms with Crippen molar-refractivity contribution >= 4 is 78.0 Å². The van der Waals surface area contributed by atoms with Gasteiger partial charge in [0.2, 0.25) is 0 Å². The first kappa shape index (κ1) is 43.7. The van der Waals surface area contributed by atoms with Crippen molar-refractivity contribution in [3.05, 3.63) is 68.1 Å². The molecule has 4 rings (SSSR count). The predicted octanol–water partition coefficient (Wildman–Crippen LogP) is 0.00510. The zero-order valence-corrected chi connectivity index (χ0v) is 35.6. The van der Waals surface area contributed by atoms with Crippen LogP contribution >= 0.6 is 46.4 Å². The van der Waals surface area contributed by atoms with Crippen LogP contribution in [0.25, 0.3) is 0 Å². The second-order valence-electron chi connectivity index (χ2n) is 11.0. The molecule has 0 bridgehead atoms. The van der Waals surface area contributed by atoms with Gasteiger partial charge in [0.05, 0.1) is 52.7 Å². The zero-order chi connectivity index (χ0) is 33.1. The Labute approximate surface area is 342 Å². The van der Waals surface area contributed by atoms with Crippen LogP contribution in [0.5, 0.6) is 0 Å². The maximum Gasteiger partial charge on any atom is 1.00 e. The van der Waals surface area contributed by atoms with Gasteiger partial charge in [-0.2, -0.15) is 0 Å². The van der Waals surface area contributed by atoms with E-state index in [1.165, 1.54) is 0 Å². The van der Waals surface area contributed by atoms with Crippen molar-refractivity contribution in [2.24, 2.45) is 0 Å². The first-order chi connectivity index (χ1) is 21.1.